The summed E-state index contributed by atoms with van der Waals surface area (Å²) >= 11 is 11.8. The zero-order valence-electron chi connectivity index (χ0n) is 12.2. The molecule has 2 heterocycles. The Labute approximate surface area is 137 Å². The smallest absolute Gasteiger partial charge is 0.225 e. The molecule has 0 aliphatic carbocycles. The Bertz CT molecular complexity index is 586. The Kier molecular flexibility index (Phi) is 5.17. The third-order valence-corrected chi connectivity index (χ3v) is 3.35. The van der Waals surface area contributed by atoms with Crippen LogP contribution in [0.2, 0.25) is 10.6 Å². The minimum Gasteiger partial charge on any atom is -0.330 e. The highest BCUT2D eigenvalue weighted by molar-refractivity contribution is 6.28. The molecule has 2 aromatic rings. The van der Waals surface area contributed by atoms with Gasteiger partial charge < -0.3 is 11.5 Å². The van der Waals surface area contributed by atoms with Crippen LogP contribution in [-0.4, -0.2) is 36.4 Å². The lowest BCUT2D eigenvalue weighted by Crippen LogP contribution is -2.42. The first-order chi connectivity index (χ1) is 10.3. The Hall–Kier alpha value is -1.48. The van der Waals surface area contributed by atoms with Crippen molar-refractivity contribution in [2.24, 2.45) is 11.5 Å². The molecule has 0 unspecified atom stereocenters. The quantitative estimate of drug-likeness (QED) is 0.820. The lowest BCUT2D eigenvalue weighted by Gasteiger charge is -2.26. The summed E-state index contributed by atoms with van der Waals surface area (Å²) < 4.78 is 0. The highest BCUT2D eigenvalue weighted by atomic mass is 35.5. The van der Waals surface area contributed by atoms with Crippen molar-refractivity contribution < 1.29 is 0 Å². The van der Waals surface area contributed by atoms with E-state index in [0.29, 0.717) is 31.0 Å². The number of nitrogens with zero attached hydrogens (tertiary/aromatic N) is 6. The lowest BCUT2D eigenvalue weighted by molar-refractivity contribution is 0.418. The van der Waals surface area contributed by atoms with E-state index < -0.39 is 5.54 Å². The van der Waals surface area contributed by atoms with Gasteiger partial charge in [-0.25, -0.2) is 29.9 Å². The third kappa shape index (κ3) is 3.64. The van der Waals surface area contributed by atoms with E-state index in [-0.39, 0.29) is 22.2 Å². The Balaban J connectivity index is 2.60. The van der Waals surface area contributed by atoms with Gasteiger partial charge in [0.1, 0.15) is 17.2 Å². The van der Waals surface area contributed by atoms with E-state index in [1.165, 1.54) is 0 Å². The number of rotatable bonds is 5. The summed E-state index contributed by atoms with van der Waals surface area (Å²) in [6.07, 6.45) is 1.06. The highest BCUT2D eigenvalue weighted by Gasteiger charge is 2.37. The first-order valence-corrected chi connectivity index (χ1v) is 7.37. The van der Waals surface area contributed by atoms with Crippen LogP contribution in [0.3, 0.4) is 0 Å². The molecular weight excluding hydrogens is 327 g/mol. The van der Waals surface area contributed by atoms with Crippen molar-refractivity contribution in [3.63, 3.8) is 0 Å². The van der Waals surface area contributed by atoms with Crippen LogP contribution >= 0.6 is 23.2 Å². The average Bonchev–Trinajstić information content (AvgIpc) is 2.42. The van der Waals surface area contributed by atoms with Gasteiger partial charge in [0.15, 0.2) is 11.6 Å². The molecule has 0 bridgehead atoms. The monoisotopic (exact) mass is 342 g/mol. The van der Waals surface area contributed by atoms with Crippen LogP contribution < -0.4 is 11.5 Å². The standard InChI is InChI=1S/C12H16Cl2N8/c1-6-17-8(21-10(13)19-6)12(16,4-3-5-15)9-18-7(2)20-11(14)22-9/h3-5,15-16H2,1-2H3. The second-order valence-corrected chi connectivity index (χ2v) is 5.49. The van der Waals surface area contributed by atoms with Crippen LogP contribution in [0.1, 0.15) is 36.1 Å². The van der Waals surface area contributed by atoms with Crippen molar-refractivity contribution in [2.45, 2.75) is 32.2 Å². The molecule has 0 aliphatic rings. The van der Waals surface area contributed by atoms with Crippen molar-refractivity contribution >= 4 is 23.2 Å². The van der Waals surface area contributed by atoms with Gasteiger partial charge in [-0.3, -0.25) is 0 Å². The molecule has 0 aliphatic heterocycles. The van der Waals surface area contributed by atoms with E-state index in [9.17, 15) is 0 Å². The second-order valence-electron chi connectivity index (χ2n) is 4.81. The molecule has 8 nitrogen and oxygen atoms in total. The maximum atomic E-state index is 6.52. The molecule has 0 amide bonds. The maximum absolute atomic E-state index is 6.52. The van der Waals surface area contributed by atoms with E-state index in [4.69, 9.17) is 34.7 Å². The molecule has 4 N–H and O–H groups in total. The predicted octanol–water partition coefficient (Wildman–Crippen LogP) is 0.921. The second kappa shape index (κ2) is 6.74. The van der Waals surface area contributed by atoms with Crippen molar-refractivity contribution in [1.29, 1.82) is 0 Å². The van der Waals surface area contributed by atoms with Crippen molar-refractivity contribution in [3.05, 3.63) is 33.9 Å². The number of nitrogens with two attached hydrogens (primary N) is 2. The minimum absolute atomic E-state index is 0.0574. The lowest BCUT2D eigenvalue weighted by atomic mass is 9.92. The van der Waals surface area contributed by atoms with Crippen molar-refractivity contribution in [3.8, 4) is 0 Å². The first kappa shape index (κ1) is 16.9. The number of halogens is 2. The summed E-state index contributed by atoms with van der Waals surface area (Å²) in [6, 6.07) is 0. The molecule has 0 atom stereocenters. The summed E-state index contributed by atoms with van der Waals surface area (Å²) in [5, 5.41) is 0.115. The highest BCUT2D eigenvalue weighted by Crippen LogP contribution is 2.27. The van der Waals surface area contributed by atoms with Crippen LogP contribution in [-0.2, 0) is 5.54 Å². The van der Waals surface area contributed by atoms with E-state index in [1.54, 1.807) is 13.8 Å². The fraction of sp³-hybridized carbons (Fsp3) is 0.500. The number of hydrogen-bond donors (Lipinski definition) is 2. The van der Waals surface area contributed by atoms with Crippen LogP contribution in [0.15, 0.2) is 0 Å². The molecule has 0 fully saturated rings. The SMILES string of the molecule is Cc1nc(Cl)nc(C(N)(CCCN)c2nc(C)nc(Cl)n2)n1. The van der Waals surface area contributed by atoms with Crippen LogP contribution in [0.4, 0.5) is 0 Å². The summed E-state index contributed by atoms with van der Waals surface area (Å²) in [5.41, 5.74) is 10.9. The molecule has 0 radical (unpaired) electrons. The van der Waals surface area contributed by atoms with Gasteiger partial charge in [-0.15, -0.1) is 0 Å². The van der Waals surface area contributed by atoms with Gasteiger partial charge >= 0.3 is 0 Å². The van der Waals surface area contributed by atoms with Gasteiger partial charge in [-0.2, -0.15) is 0 Å². The predicted molar refractivity (Wildman–Crippen MR) is 82.4 cm³/mol. The van der Waals surface area contributed by atoms with Gasteiger partial charge in [0.05, 0.1) is 0 Å². The number of aryl methyl sites for hydroxylation is 2. The molecule has 0 aromatic carbocycles. The first-order valence-electron chi connectivity index (χ1n) is 6.61. The zero-order chi connectivity index (χ0) is 16.3. The fourth-order valence-corrected chi connectivity index (χ4v) is 2.41. The molecule has 0 saturated carbocycles. The minimum atomic E-state index is -1.17. The molecule has 10 heteroatoms. The molecular formula is C12H16Cl2N8. The van der Waals surface area contributed by atoms with Crippen LogP contribution in [0.25, 0.3) is 0 Å². The Morgan fingerprint density at radius 2 is 1.32 bits per heavy atom. The molecule has 22 heavy (non-hydrogen) atoms. The molecule has 0 saturated heterocycles. The van der Waals surface area contributed by atoms with Gasteiger partial charge in [0, 0.05) is 0 Å². The topological polar surface area (TPSA) is 129 Å². The number of aromatic nitrogens is 6. The Morgan fingerprint density at radius 3 is 1.68 bits per heavy atom. The molecule has 0 spiro atoms. The van der Waals surface area contributed by atoms with E-state index >= 15 is 0 Å². The van der Waals surface area contributed by atoms with Gasteiger partial charge in [0.2, 0.25) is 10.6 Å². The molecule has 2 rings (SSSR count). The summed E-state index contributed by atoms with van der Waals surface area (Å²) in [4.78, 5) is 24.7. The average molecular weight is 343 g/mol. The molecule has 118 valence electrons. The third-order valence-electron chi connectivity index (χ3n) is 3.01. The molecule has 2 aromatic heterocycles. The van der Waals surface area contributed by atoms with Crippen LogP contribution in [0, 0.1) is 13.8 Å². The maximum Gasteiger partial charge on any atom is 0.225 e. The summed E-state index contributed by atoms with van der Waals surface area (Å²) in [6.45, 7) is 3.85. The Morgan fingerprint density at radius 1 is 0.864 bits per heavy atom. The van der Waals surface area contributed by atoms with Gasteiger partial charge in [-0.1, -0.05) is 0 Å². The van der Waals surface area contributed by atoms with E-state index in [0.717, 1.165) is 0 Å². The largest absolute Gasteiger partial charge is 0.330 e. The summed E-state index contributed by atoms with van der Waals surface area (Å²) in [5.74, 6) is 1.46. The van der Waals surface area contributed by atoms with Crippen molar-refractivity contribution in [1.82, 2.24) is 29.9 Å². The summed E-state index contributed by atoms with van der Waals surface area (Å²) in [7, 11) is 0. The van der Waals surface area contributed by atoms with Gasteiger partial charge in [0.25, 0.3) is 0 Å². The van der Waals surface area contributed by atoms with E-state index in [2.05, 4.69) is 29.9 Å². The normalized spacial score (nSPS) is 11.7. The van der Waals surface area contributed by atoms with Crippen molar-refractivity contribution in [2.75, 3.05) is 6.54 Å². The van der Waals surface area contributed by atoms with Gasteiger partial charge in [-0.05, 0) is 56.4 Å². The van der Waals surface area contributed by atoms with Crippen LogP contribution in [0.5, 0.6) is 0 Å². The fourth-order valence-electron chi connectivity index (χ4n) is 2.00. The van der Waals surface area contributed by atoms with E-state index in [1.807, 2.05) is 0 Å². The zero-order valence-corrected chi connectivity index (χ0v) is 13.7. The number of hydrogen-bond acceptors (Lipinski definition) is 8.